The average Bonchev–Trinajstić information content (AvgIpc) is 3.30. The van der Waals surface area contributed by atoms with Crippen LogP contribution in [-0.2, 0) is 10.0 Å². The van der Waals surface area contributed by atoms with E-state index < -0.39 is 10.0 Å². The molecule has 0 saturated carbocycles. The molecule has 4 aromatic rings. The summed E-state index contributed by atoms with van der Waals surface area (Å²) in [5, 5.41) is 0. The largest absolute Gasteiger partial charge is 0.439 e. The van der Waals surface area contributed by atoms with Gasteiger partial charge in [-0.2, -0.15) is 0 Å². The van der Waals surface area contributed by atoms with Crippen molar-refractivity contribution in [2.24, 2.45) is 0 Å². The fourth-order valence-electron chi connectivity index (χ4n) is 2.82. The minimum atomic E-state index is -3.84. The number of anilines is 1. The van der Waals surface area contributed by atoms with Crippen molar-refractivity contribution in [2.45, 2.75) is 11.8 Å². The third kappa shape index (κ3) is 4.78. The summed E-state index contributed by atoms with van der Waals surface area (Å²) < 4.78 is 35.3. The molecular weight excluding hydrogens is 416 g/mol. The lowest BCUT2D eigenvalue weighted by molar-refractivity contribution is 0.101. The van der Waals surface area contributed by atoms with Crippen LogP contribution >= 0.6 is 0 Å². The van der Waals surface area contributed by atoms with E-state index in [1.165, 1.54) is 31.5 Å². The van der Waals surface area contributed by atoms with Crippen LogP contribution in [0.2, 0.25) is 0 Å². The average molecular weight is 434 g/mol. The number of hydrogen-bond acceptors (Lipinski definition) is 6. The molecule has 0 radical (unpaired) electrons. The fourth-order valence-corrected chi connectivity index (χ4v) is 3.93. The summed E-state index contributed by atoms with van der Waals surface area (Å²) in [4.78, 5) is 19.8. The first kappa shape index (κ1) is 20.3. The Labute approximate surface area is 179 Å². The summed E-state index contributed by atoms with van der Waals surface area (Å²) in [7, 11) is -3.84. The maximum absolute atomic E-state index is 12.6. The molecule has 0 unspecified atom stereocenters. The van der Waals surface area contributed by atoms with Crippen LogP contribution in [-0.4, -0.2) is 28.7 Å². The van der Waals surface area contributed by atoms with Crippen LogP contribution in [0, 0.1) is 0 Å². The van der Waals surface area contributed by atoms with Crippen LogP contribution in [0.15, 0.2) is 90.3 Å². The molecule has 8 nitrogen and oxygen atoms in total. The van der Waals surface area contributed by atoms with Crippen LogP contribution in [0.25, 0.3) is 5.82 Å². The Bertz CT molecular complexity index is 1320. The topological polar surface area (TPSA) is 103 Å². The standard InChI is InChI=1S/C22H18N4O4S/c1-16(27)17-5-4-6-20(13-17)31(28,29)25-18-7-9-19(10-8-18)30-22-14-21(23-15-24-22)26-11-2-3-12-26/h2-15,25H,1H3. The Morgan fingerprint density at radius 3 is 2.42 bits per heavy atom. The van der Waals surface area contributed by atoms with E-state index in [1.807, 2.05) is 29.1 Å². The van der Waals surface area contributed by atoms with Gasteiger partial charge >= 0.3 is 0 Å². The highest BCUT2D eigenvalue weighted by atomic mass is 32.2. The second-order valence-electron chi connectivity index (χ2n) is 6.62. The maximum Gasteiger partial charge on any atom is 0.261 e. The van der Waals surface area contributed by atoms with Gasteiger partial charge in [-0.1, -0.05) is 12.1 Å². The molecular formula is C22H18N4O4S. The summed E-state index contributed by atoms with van der Waals surface area (Å²) in [6.07, 6.45) is 5.13. The number of hydrogen-bond donors (Lipinski definition) is 1. The molecule has 0 fully saturated rings. The number of carbonyl (C=O) groups excluding carboxylic acids is 1. The molecule has 1 N–H and O–H groups in total. The molecule has 2 aromatic heterocycles. The number of carbonyl (C=O) groups is 1. The van der Waals surface area contributed by atoms with E-state index in [-0.39, 0.29) is 10.7 Å². The number of aromatic nitrogens is 3. The smallest absolute Gasteiger partial charge is 0.261 e. The lowest BCUT2D eigenvalue weighted by Gasteiger charge is -2.10. The van der Waals surface area contributed by atoms with E-state index in [0.29, 0.717) is 28.7 Å². The highest BCUT2D eigenvalue weighted by molar-refractivity contribution is 7.92. The maximum atomic E-state index is 12.6. The molecule has 0 aliphatic carbocycles. The second kappa shape index (κ2) is 8.41. The van der Waals surface area contributed by atoms with Gasteiger partial charge in [-0.05, 0) is 55.5 Å². The number of benzene rings is 2. The van der Waals surface area contributed by atoms with Gasteiger partial charge in [-0.3, -0.25) is 9.52 Å². The number of nitrogens with zero attached hydrogens (tertiary/aromatic N) is 3. The first-order valence-corrected chi connectivity index (χ1v) is 10.8. The summed E-state index contributed by atoms with van der Waals surface area (Å²) >= 11 is 0. The Morgan fingerprint density at radius 2 is 1.71 bits per heavy atom. The summed E-state index contributed by atoms with van der Waals surface area (Å²) in [5.74, 6) is 1.29. The molecule has 0 aliphatic heterocycles. The highest BCUT2D eigenvalue weighted by Crippen LogP contribution is 2.24. The Hall–Kier alpha value is -3.98. The number of ketones is 1. The minimum Gasteiger partial charge on any atom is -0.439 e. The summed E-state index contributed by atoms with van der Waals surface area (Å²) in [6.45, 7) is 1.39. The molecule has 4 rings (SSSR count). The number of Topliss-reactive ketones (excluding diaryl/α,β-unsaturated/α-hetero) is 1. The number of nitrogens with one attached hydrogen (secondary N) is 1. The van der Waals surface area contributed by atoms with Crippen LogP contribution in [0.4, 0.5) is 5.69 Å². The van der Waals surface area contributed by atoms with Gasteiger partial charge in [0.05, 0.1) is 4.90 Å². The van der Waals surface area contributed by atoms with Gasteiger partial charge in [0.1, 0.15) is 17.9 Å². The zero-order chi connectivity index (χ0) is 21.8. The van der Waals surface area contributed by atoms with Crippen LogP contribution in [0.3, 0.4) is 0 Å². The second-order valence-corrected chi connectivity index (χ2v) is 8.30. The van der Waals surface area contributed by atoms with Crippen LogP contribution in [0.1, 0.15) is 17.3 Å². The van der Waals surface area contributed by atoms with E-state index in [2.05, 4.69) is 14.7 Å². The van der Waals surface area contributed by atoms with Crippen molar-refractivity contribution in [3.63, 3.8) is 0 Å². The van der Waals surface area contributed by atoms with E-state index in [4.69, 9.17) is 4.74 Å². The quantitative estimate of drug-likeness (QED) is 0.440. The SMILES string of the molecule is CC(=O)c1cccc(S(=O)(=O)Nc2ccc(Oc3cc(-n4cccc4)ncn3)cc2)c1. The third-order valence-corrected chi connectivity index (χ3v) is 5.76. The molecule has 0 bridgehead atoms. The van der Waals surface area contributed by atoms with E-state index in [9.17, 15) is 13.2 Å². The predicted octanol–water partition coefficient (Wildman–Crippen LogP) is 4.06. The summed E-state index contributed by atoms with van der Waals surface area (Å²) in [6, 6.07) is 17.8. The molecule has 0 atom stereocenters. The Balaban J connectivity index is 1.48. The molecule has 0 saturated heterocycles. The molecule has 0 spiro atoms. The molecule has 2 heterocycles. The lowest BCUT2D eigenvalue weighted by Crippen LogP contribution is -2.13. The third-order valence-electron chi connectivity index (χ3n) is 4.38. The van der Waals surface area contributed by atoms with Gasteiger partial charge in [-0.15, -0.1) is 0 Å². The normalized spacial score (nSPS) is 11.1. The van der Waals surface area contributed by atoms with E-state index >= 15 is 0 Å². The highest BCUT2D eigenvalue weighted by Gasteiger charge is 2.15. The summed E-state index contributed by atoms with van der Waals surface area (Å²) in [5.41, 5.74) is 0.687. The first-order valence-electron chi connectivity index (χ1n) is 9.28. The van der Waals surface area contributed by atoms with Crippen LogP contribution < -0.4 is 9.46 Å². The van der Waals surface area contributed by atoms with E-state index in [0.717, 1.165) is 0 Å². The van der Waals surface area contributed by atoms with Gasteiger partial charge in [0, 0.05) is 29.7 Å². The zero-order valence-corrected chi connectivity index (χ0v) is 17.3. The Kier molecular flexibility index (Phi) is 5.50. The van der Waals surface area contributed by atoms with Gasteiger partial charge in [-0.25, -0.2) is 18.4 Å². The van der Waals surface area contributed by atoms with Crippen molar-refractivity contribution in [3.05, 3.63) is 91.0 Å². The number of rotatable bonds is 7. The molecule has 0 aliphatic rings. The zero-order valence-electron chi connectivity index (χ0n) is 16.5. The van der Waals surface area contributed by atoms with Gasteiger partial charge in [0.2, 0.25) is 5.88 Å². The van der Waals surface area contributed by atoms with Crippen molar-refractivity contribution < 1.29 is 17.9 Å². The van der Waals surface area contributed by atoms with Crippen molar-refractivity contribution >= 4 is 21.5 Å². The van der Waals surface area contributed by atoms with Crippen molar-refractivity contribution in [3.8, 4) is 17.4 Å². The lowest BCUT2D eigenvalue weighted by atomic mass is 10.2. The number of sulfonamides is 1. The molecule has 156 valence electrons. The fraction of sp³-hybridized carbons (Fsp3) is 0.0455. The van der Waals surface area contributed by atoms with Gasteiger partial charge in [0.15, 0.2) is 5.78 Å². The van der Waals surface area contributed by atoms with Crippen molar-refractivity contribution in [2.75, 3.05) is 4.72 Å². The van der Waals surface area contributed by atoms with Gasteiger partial charge in [0.25, 0.3) is 10.0 Å². The van der Waals surface area contributed by atoms with Gasteiger partial charge < -0.3 is 9.30 Å². The number of ether oxygens (including phenoxy) is 1. The minimum absolute atomic E-state index is 0.0130. The van der Waals surface area contributed by atoms with Crippen molar-refractivity contribution in [1.29, 1.82) is 0 Å². The first-order chi connectivity index (χ1) is 14.9. The Morgan fingerprint density at radius 1 is 0.968 bits per heavy atom. The molecule has 0 amide bonds. The molecule has 31 heavy (non-hydrogen) atoms. The van der Waals surface area contributed by atoms with Crippen LogP contribution in [0.5, 0.6) is 11.6 Å². The monoisotopic (exact) mass is 434 g/mol. The predicted molar refractivity (Wildman–Crippen MR) is 115 cm³/mol. The van der Waals surface area contributed by atoms with Crippen molar-refractivity contribution in [1.82, 2.24) is 14.5 Å². The molecule has 9 heteroatoms. The van der Waals surface area contributed by atoms with E-state index in [1.54, 1.807) is 36.4 Å². The molecule has 2 aromatic carbocycles.